The van der Waals surface area contributed by atoms with Gasteiger partial charge in [-0.2, -0.15) is 0 Å². The van der Waals surface area contributed by atoms with E-state index in [2.05, 4.69) is 0 Å². The molecular formula is C11H16O3. The Labute approximate surface area is 83.6 Å². The highest BCUT2D eigenvalue weighted by atomic mass is 16.3. The van der Waals surface area contributed by atoms with Crippen LogP contribution in [0.4, 0.5) is 0 Å². The first-order valence-electron chi connectivity index (χ1n) is 4.61. The van der Waals surface area contributed by atoms with Crippen LogP contribution in [0.1, 0.15) is 36.5 Å². The maximum Gasteiger partial charge on any atom is 0.200 e. The predicted molar refractivity (Wildman–Crippen MR) is 55.0 cm³/mol. The second kappa shape index (κ2) is 3.40. The van der Waals surface area contributed by atoms with Crippen LogP contribution in [-0.2, 0) is 0 Å². The molecule has 0 unspecified atom stereocenters. The molecule has 3 N–H and O–H groups in total. The zero-order valence-electron chi connectivity index (χ0n) is 8.92. The summed E-state index contributed by atoms with van der Waals surface area (Å²) in [6, 6.07) is 0. The largest absolute Gasteiger partial charge is 0.504 e. The van der Waals surface area contributed by atoms with Gasteiger partial charge < -0.3 is 15.3 Å². The minimum absolute atomic E-state index is 0.201. The van der Waals surface area contributed by atoms with Crippen molar-refractivity contribution in [1.82, 2.24) is 0 Å². The van der Waals surface area contributed by atoms with Crippen LogP contribution in [0.2, 0.25) is 0 Å². The molecule has 0 spiro atoms. The summed E-state index contributed by atoms with van der Waals surface area (Å²) in [5, 5.41) is 28.4. The first kappa shape index (κ1) is 10.7. The number of phenols is 3. The molecule has 1 rings (SSSR count). The van der Waals surface area contributed by atoms with Crippen LogP contribution in [0.15, 0.2) is 0 Å². The Morgan fingerprint density at radius 2 is 1.14 bits per heavy atom. The topological polar surface area (TPSA) is 60.7 Å². The molecule has 1 aromatic rings. The van der Waals surface area contributed by atoms with Gasteiger partial charge >= 0.3 is 0 Å². The van der Waals surface area contributed by atoms with E-state index in [9.17, 15) is 15.3 Å². The van der Waals surface area contributed by atoms with Gasteiger partial charge in [0.25, 0.3) is 0 Å². The van der Waals surface area contributed by atoms with Crippen molar-refractivity contribution in [2.75, 3.05) is 0 Å². The molecule has 0 saturated heterocycles. The van der Waals surface area contributed by atoms with Crippen molar-refractivity contribution >= 4 is 0 Å². The van der Waals surface area contributed by atoms with Crippen molar-refractivity contribution in [1.29, 1.82) is 0 Å². The number of hydrogen-bond acceptors (Lipinski definition) is 3. The molecule has 0 atom stereocenters. The van der Waals surface area contributed by atoms with Gasteiger partial charge in [-0.15, -0.1) is 0 Å². The monoisotopic (exact) mass is 196 g/mol. The quantitative estimate of drug-likeness (QED) is 0.605. The normalized spacial score (nSPS) is 10.9. The van der Waals surface area contributed by atoms with Gasteiger partial charge in [-0.1, -0.05) is 13.8 Å². The maximum absolute atomic E-state index is 9.53. The lowest BCUT2D eigenvalue weighted by molar-refractivity contribution is 0.362. The third-order valence-corrected chi connectivity index (χ3v) is 2.54. The molecule has 0 bridgehead atoms. The van der Waals surface area contributed by atoms with Crippen LogP contribution in [0.5, 0.6) is 17.2 Å². The molecule has 3 heteroatoms. The number of rotatable bonds is 1. The van der Waals surface area contributed by atoms with Crippen molar-refractivity contribution in [3.63, 3.8) is 0 Å². The SMILES string of the molecule is Cc1c(O)c(O)c(O)c(C)c1C(C)C. The van der Waals surface area contributed by atoms with Crippen molar-refractivity contribution in [2.24, 2.45) is 0 Å². The highest BCUT2D eigenvalue weighted by Crippen LogP contribution is 2.44. The third-order valence-electron chi connectivity index (χ3n) is 2.54. The molecule has 14 heavy (non-hydrogen) atoms. The number of aromatic hydroxyl groups is 3. The Morgan fingerprint density at radius 3 is 1.43 bits per heavy atom. The lowest BCUT2D eigenvalue weighted by Crippen LogP contribution is -1.97. The van der Waals surface area contributed by atoms with Crippen LogP contribution >= 0.6 is 0 Å². The zero-order valence-corrected chi connectivity index (χ0v) is 8.92. The molecule has 1 aromatic carbocycles. The average Bonchev–Trinajstić information content (AvgIpc) is 2.11. The van der Waals surface area contributed by atoms with E-state index in [1.165, 1.54) is 0 Å². The Hall–Kier alpha value is -1.38. The lowest BCUT2D eigenvalue weighted by Gasteiger charge is -2.17. The fourth-order valence-electron chi connectivity index (χ4n) is 1.87. The van der Waals surface area contributed by atoms with E-state index in [-0.39, 0.29) is 17.4 Å². The summed E-state index contributed by atoms with van der Waals surface area (Å²) in [5.74, 6) is -0.676. The molecule has 0 saturated carbocycles. The minimum Gasteiger partial charge on any atom is -0.504 e. The Kier molecular flexibility index (Phi) is 2.60. The van der Waals surface area contributed by atoms with E-state index < -0.39 is 5.75 Å². The molecule has 0 aliphatic carbocycles. The summed E-state index contributed by atoms with van der Waals surface area (Å²) in [5.41, 5.74) is 2.15. The molecule has 0 radical (unpaired) electrons. The van der Waals surface area contributed by atoms with E-state index in [0.29, 0.717) is 11.1 Å². The van der Waals surface area contributed by atoms with Crippen molar-refractivity contribution in [3.05, 3.63) is 16.7 Å². The van der Waals surface area contributed by atoms with Crippen molar-refractivity contribution < 1.29 is 15.3 Å². The predicted octanol–water partition coefficient (Wildman–Crippen LogP) is 2.54. The minimum atomic E-state index is -0.426. The van der Waals surface area contributed by atoms with Crippen molar-refractivity contribution in [3.8, 4) is 17.2 Å². The van der Waals surface area contributed by atoms with E-state index in [1.807, 2.05) is 13.8 Å². The first-order chi connectivity index (χ1) is 6.37. The van der Waals surface area contributed by atoms with Gasteiger partial charge in [0.2, 0.25) is 5.75 Å². The van der Waals surface area contributed by atoms with Crippen LogP contribution in [0, 0.1) is 13.8 Å². The van der Waals surface area contributed by atoms with Gasteiger partial charge in [0.05, 0.1) is 0 Å². The Balaban J connectivity index is 3.60. The van der Waals surface area contributed by atoms with Crippen LogP contribution < -0.4 is 0 Å². The molecule has 78 valence electrons. The van der Waals surface area contributed by atoms with Crippen molar-refractivity contribution in [2.45, 2.75) is 33.6 Å². The zero-order chi connectivity index (χ0) is 11.0. The second-order valence-corrected chi connectivity index (χ2v) is 3.86. The van der Waals surface area contributed by atoms with Gasteiger partial charge in [0, 0.05) is 0 Å². The molecule has 0 heterocycles. The van der Waals surface area contributed by atoms with E-state index >= 15 is 0 Å². The summed E-state index contributed by atoms with van der Waals surface area (Å²) in [6.45, 7) is 7.42. The third kappa shape index (κ3) is 1.39. The lowest BCUT2D eigenvalue weighted by atomic mass is 9.91. The fraction of sp³-hybridized carbons (Fsp3) is 0.455. The molecular weight excluding hydrogens is 180 g/mol. The Morgan fingerprint density at radius 1 is 0.786 bits per heavy atom. The Bertz CT molecular complexity index is 338. The molecule has 0 aliphatic rings. The van der Waals surface area contributed by atoms with E-state index in [1.54, 1.807) is 13.8 Å². The molecule has 0 aromatic heterocycles. The summed E-state index contributed by atoms with van der Waals surface area (Å²) >= 11 is 0. The standard InChI is InChI=1S/C11H16O3/c1-5(2)8-6(3)9(12)11(14)10(13)7(8)4/h5,12-14H,1-4H3. The number of hydrogen-bond donors (Lipinski definition) is 3. The second-order valence-electron chi connectivity index (χ2n) is 3.86. The van der Waals surface area contributed by atoms with Crippen LogP contribution in [0.25, 0.3) is 0 Å². The van der Waals surface area contributed by atoms with E-state index in [4.69, 9.17) is 0 Å². The molecule has 0 aliphatic heterocycles. The summed E-state index contributed by atoms with van der Waals surface area (Å²) < 4.78 is 0. The summed E-state index contributed by atoms with van der Waals surface area (Å²) in [6.07, 6.45) is 0. The summed E-state index contributed by atoms with van der Waals surface area (Å²) in [4.78, 5) is 0. The highest BCUT2D eigenvalue weighted by Gasteiger charge is 2.19. The smallest absolute Gasteiger partial charge is 0.200 e. The maximum atomic E-state index is 9.53. The number of benzene rings is 1. The number of phenolic OH excluding ortho intramolecular Hbond substituents is 3. The molecule has 0 fully saturated rings. The molecule has 0 amide bonds. The van der Waals surface area contributed by atoms with Crippen LogP contribution in [-0.4, -0.2) is 15.3 Å². The van der Waals surface area contributed by atoms with Gasteiger partial charge in [0.15, 0.2) is 11.5 Å². The highest BCUT2D eigenvalue weighted by molar-refractivity contribution is 5.61. The molecule has 3 nitrogen and oxygen atoms in total. The average molecular weight is 196 g/mol. The van der Waals surface area contributed by atoms with Gasteiger partial charge in [-0.05, 0) is 36.5 Å². The first-order valence-corrected chi connectivity index (χ1v) is 4.61. The van der Waals surface area contributed by atoms with Crippen LogP contribution in [0.3, 0.4) is 0 Å². The van der Waals surface area contributed by atoms with Gasteiger partial charge in [-0.3, -0.25) is 0 Å². The van der Waals surface area contributed by atoms with Gasteiger partial charge in [-0.25, -0.2) is 0 Å². The fourth-order valence-corrected chi connectivity index (χ4v) is 1.87. The van der Waals surface area contributed by atoms with Gasteiger partial charge in [0.1, 0.15) is 0 Å². The van der Waals surface area contributed by atoms with E-state index in [0.717, 1.165) is 5.56 Å². The summed E-state index contributed by atoms with van der Waals surface area (Å²) in [7, 11) is 0.